The van der Waals surface area contributed by atoms with Gasteiger partial charge in [0.25, 0.3) is 0 Å². The molecule has 1 aromatic rings. The molecule has 0 aromatic heterocycles. The zero-order chi connectivity index (χ0) is 16.4. The SMILES string of the molecule is CCOCCNC(=NC)NCC(c1ccc(F)cc1)N(C)C. The number of hydrogen-bond acceptors (Lipinski definition) is 3. The Morgan fingerprint density at radius 2 is 1.95 bits per heavy atom. The van der Waals surface area contributed by atoms with Gasteiger partial charge in [-0.15, -0.1) is 0 Å². The first-order chi connectivity index (χ1) is 10.6. The number of benzene rings is 1. The molecule has 124 valence electrons. The van der Waals surface area contributed by atoms with E-state index >= 15 is 0 Å². The van der Waals surface area contributed by atoms with Crippen molar-refractivity contribution in [3.05, 3.63) is 35.6 Å². The summed E-state index contributed by atoms with van der Waals surface area (Å²) in [6, 6.07) is 6.73. The van der Waals surface area contributed by atoms with Crippen molar-refractivity contribution in [1.82, 2.24) is 15.5 Å². The number of likely N-dealkylation sites (N-methyl/N-ethyl adjacent to an activating group) is 1. The lowest BCUT2D eigenvalue weighted by Gasteiger charge is -2.26. The van der Waals surface area contributed by atoms with Gasteiger partial charge in [-0.3, -0.25) is 4.99 Å². The van der Waals surface area contributed by atoms with E-state index < -0.39 is 0 Å². The van der Waals surface area contributed by atoms with Crippen LogP contribution in [-0.2, 0) is 4.74 Å². The van der Waals surface area contributed by atoms with Gasteiger partial charge in [0.1, 0.15) is 5.82 Å². The predicted octanol–water partition coefficient (Wildman–Crippen LogP) is 1.63. The number of halogens is 1. The Kier molecular flexibility index (Phi) is 8.47. The maximum atomic E-state index is 13.1. The van der Waals surface area contributed by atoms with Crippen molar-refractivity contribution in [2.45, 2.75) is 13.0 Å². The maximum absolute atomic E-state index is 13.1. The molecule has 0 spiro atoms. The third kappa shape index (κ3) is 6.41. The van der Waals surface area contributed by atoms with Gasteiger partial charge >= 0.3 is 0 Å². The minimum Gasteiger partial charge on any atom is -0.380 e. The highest BCUT2D eigenvalue weighted by Crippen LogP contribution is 2.17. The molecule has 0 amide bonds. The first-order valence-corrected chi connectivity index (χ1v) is 7.52. The summed E-state index contributed by atoms with van der Waals surface area (Å²) in [4.78, 5) is 6.28. The molecule has 1 atom stereocenters. The molecule has 1 unspecified atom stereocenters. The third-order valence-corrected chi connectivity index (χ3v) is 3.31. The van der Waals surface area contributed by atoms with Gasteiger partial charge < -0.3 is 20.3 Å². The van der Waals surface area contributed by atoms with Crippen LogP contribution in [0.4, 0.5) is 4.39 Å². The van der Waals surface area contributed by atoms with Crippen LogP contribution >= 0.6 is 0 Å². The molecule has 0 fully saturated rings. The summed E-state index contributed by atoms with van der Waals surface area (Å²) in [5.41, 5.74) is 1.06. The van der Waals surface area contributed by atoms with Crippen molar-refractivity contribution >= 4 is 5.96 Å². The van der Waals surface area contributed by atoms with Crippen LogP contribution in [0.1, 0.15) is 18.5 Å². The Bertz CT molecular complexity index is 448. The van der Waals surface area contributed by atoms with Crippen LogP contribution in [0.5, 0.6) is 0 Å². The summed E-state index contributed by atoms with van der Waals surface area (Å²) in [5.74, 6) is 0.510. The largest absolute Gasteiger partial charge is 0.380 e. The Labute approximate surface area is 132 Å². The van der Waals surface area contributed by atoms with Crippen LogP contribution in [0.25, 0.3) is 0 Å². The van der Waals surface area contributed by atoms with Crippen molar-refractivity contribution in [3.8, 4) is 0 Å². The summed E-state index contributed by atoms with van der Waals surface area (Å²) in [6.07, 6.45) is 0. The average molecular weight is 310 g/mol. The molecule has 0 aliphatic carbocycles. The number of nitrogens with one attached hydrogen (secondary N) is 2. The van der Waals surface area contributed by atoms with E-state index in [0.717, 1.165) is 11.5 Å². The summed E-state index contributed by atoms with van der Waals surface area (Å²) in [7, 11) is 5.74. The molecular weight excluding hydrogens is 283 g/mol. The second kappa shape index (κ2) is 10.1. The Morgan fingerprint density at radius 3 is 2.50 bits per heavy atom. The molecule has 2 N–H and O–H groups in total. The molecule has 0 saturated carbocycles. The number of guanidine groups is 1. The summed E-state index contributed by atoms with van der Waals surface area (Å²) in [5, 5.41) is 6.48. The van der Waals surface area contributed by atoms with Crippen molar-refractivity contribution in [1.29, 1.82) is 0 Å². The molecule has 5 nitrogen and oxygen atoms in total. The van der Waals surface area contributed by atoms with Gasteiger partial charge in [-0.25, -0.2) is 4.39 Å². The fourth-order valence-corrected chi connectivity index (χ4v) is 2.08. The molecule has 1 rings (SSSR count). The molecule has 0 saturated heterocycles. The highest BCUT2D eigenvalue weighted by molar-refractivity contribution is 5.79. The van der Waals surface area contributed by atoms with E-state index in [1.165, 1.54) is 12.1 Å². The molecule has 0 radical (unpaired) electrons. The second-order valence-corrected chi connectivity index (χ2v) is 5.11. The maximum Gasteiger partial charge on any atom is 0.191 e. The minimum atomic E-state index is -0.220. The van der Waals surface area contributed by atoms with Gasteiger partial charge in [0.05, 0.1) is 12.6 Å². The fourth-order valence-electron chi connectivity index (χ4n) is 2.08. The Balaban J connectivity index is 2.54. The monoisotopic (exact) mass is 310 g/mol. The molecular formula is C16H27FN4O. The summed E-state index contributed by atoms with van der Waals surface area (Å²) in [6.45, 7) is 4.70. The van der Waals surface area contributed by atoms with E-state index in [1.54, 1.807) is 7.05 Å². The van der Waals surface area contributed by atoms with Crippen LogP contribution in [-0.4, -0.2) is 58.3 Å². The molecule has 0 heterocycles. The van der Waals surface area contributed by atoms with Gasteiger partial charge in [0, 0.05) is 26.7 Å². The predicted molar refractivity (Wildman–Crippen MR) is 88.7 cm³/mol. The van der Waals surface area contributed by atoms with Crippen molar-refractivity contribution in [3.63, 3.8) is 0 Å². The standard InChI is InChI=1S/C16H27FN4O/c1-5-22-11-10-19-16(18-2)20-12-15(21(3)4)13-6-8-14(17)9-7-13/h6-9,15H,5,10-12H2,1-4H3,(H2,18,19,20). The number of aliphatic imine (C=N–C) groups is 1. The highest BCUT2D eigenvalue weighted by atomic mass is 19.1. The lowest BCUT2D eigenvalue weighted by molar-refractivity contribution is 0.152. The van der Waals surface area contributed by atoms with Gasteiger partial charge in [-0.05, 0) is 38.7 Å². The molecule has 22 heavy (non-hydrogen) atoms. The topological polar surface area (TPSA) is 48.9 Å². The number of ether oxygens (including phenoxy) is 1. The third-order valence-electron chi connectivity index (χ3n) is 3.31. The van der Waals surface area contributed by atoms with Crippen LogP contribution in [0.2, 0.25) is 0 Å². The van der Waals surface area contributed by atoms with E-state index in [1.807, 2.05) is 33.2 Å². The first-order valence-electron chi connectivity index (χ1n) is 7.52. The molecule has 0 bridgehead atoms. The van der Waals surface area contributed by atoms with E-state index in [2.05, 4.69) is 20.5 Å². The summed E-state index contributed by atoms with van der Waals surface area (Å²) >= 11 is 0. The minimum absolute atomic E-state index is 0.131. The average Bonchev–Trinajstić information content (AvgIpc) is 2.51. The van der Waals surface area contributed by atoms with Crippen LogP contribution < -0.4 is 10.6 Å². The van der Waals surface area contributed by atoms with Crippen LogP contribution in [0, 0.1) is 5.82 Å². The van der Waals surface area contributed by atoms with Crippen LogP contribution in [0.3, 0.4) is 0 Å². The molecule has 6 heteroatoms. The summed E-state index contributed by atoms with van der Waals surface area (Å²) < 4.78 is 18.3. The zero-order valence-corrected chi connectivity index (χ0v) is 13.9. The number of hydrogen-bond donors (Lipinski definition) is 2. The molecule has 0 aliphatic heterocycles. The lowest BCUT2D eigenvalue weighted by Crippen LogP contribution is -2.42. The second-order valence-electron chi connectivity index (χ2n) is 5.11. The van der Waals surface area contributed by atoms with Gasteiger partial charge in [0.2, 0.25) is 0 Å². The zero-order valence-electron chi connectivity index (χ0n) is 13.9. The van der Waals surface area contributed by atoms with Gasteiger partial charge in [0.15, 0.2) is 5.96 Å². The first kappa shape index (κ1) is 18.4. The van der Waals surface area contributed by atoms with E-state index in [-0.39, 0.29) is 11.9 Å². The van der Waals surface area contributed by atoms with Crippen molar-refractivity contribution in [2.24, 2.45) is 4.99 Å². The number of rotatable bonds is 8. The van der Waals surface area contributed by atoms with Crippen molar-refractivity contribution in [2.75, 3.05) is 47.4 Å². The Morgan fingerprint density at radius 1 is 1.27 bits per heavy atom. The quantitative estimate of drug-likeness (QED) is 0.435. The van der Waals surface area contributed by atoms with E-state index in [0.29, 0.717) is 26.3 Å². The Hall–Kier alpha value is -1.66. The highest BCUT2D eigenvalue weighted by Gasteiger charge is 2.14. The smallest absolute Gasteiger partial charge is 0.191 e. The molecule has 1 aromatic carbocycles. The van der Waals surface area contributed by atoms with E-state index in [4.69, 9.17) is 4.74 Å². The lowest BCUT2D eigenvalue weighted by atomic mass is 10.1. The van der Waals surface area contributed by atoms with E-state index in [9.17, 15) is 4.39 Å². The van der Waals surface area contributed by atoms with Crippen molar-refractivity contribution < 1.29 is 9.13 Å². The fraction of sp³-hybridized carbons (Fsp3) is 0.562. The van der Waals surface area contributed by atoms with Crippen LogP contribution in [0.15, 0.2) is 29.3 Å². The number of nitrogens with zero attached hydrogens (tertiary/aromatic N) is 2. The van der Waals surface area contributed by atoms with Gasteiger partial charge in [-0.2, -0.15) is 0 Å². The normalized spacial score (nSPS) is 13.3. The molecule has 0 aliphatic rings. The van der Waals surface area contributed by atoms with Gasteiger partial charge in [-0.1, -0.05) is 12.1 Å².